The molecular weight excluding hydrogens is 353 g/mol. The number of hydrogen-bond acceptors (Lipinski definition) is 5. The van der Waals surface area contributed by atoms with Gasteiger partial charge in [0, 0.05) is 0 Å². The smallest absolute Gasteiger partial charge is 0.196 e. The Kier molecular flexibility index (Phi) is 5.37. The van der Waals surface area contributed by atoms with Crippen LogP contribution in [-0.4, -0.2) is 33.4 Å². The summed E-state index contributed by atoms with van der Waals surface area (Å²) in [5.74, 6) is 0.483. The maximum atomic E-state index is 13.5. The number of para-hydroxylation sites is 1. The Labute approximate surface area is 155 Å². The lowest BCUT2D eigenvalue weighted by Crippen LogP contribution is -2.07. The van der Waals surface area contributed by atoms with E-state index in [1.54, 1.807) is 0 Å². The third-order valence-electron chi connectivity index (χ3n) is 3.95. The highest BCUT2D eigenvalue weighted by Gasteiger charge is 2.18. The van der Waals surface area contributed by atoms with Crippen molar-refractivity contribution in [1.29, 1.82) is 0 Å². The summed E-state index contributed by atoms with van der Waals surface area (Å²) in [6.07, 6.45) is 0. The number of Topliss-reactive ketones (excluding diaryl/α,β-unsaturated/α-hetero) is 1. The molecule has 0 spiro atoms. The standard InChI is InChI=1S/C19H18FN3O2S/c1-12-6-4-5-7-16(12)23-13(2)21-22-19(23)26-11-17(24)15-10-14(20)8-9-18(15)25-3/h4-10H,11H2,1-3H3. The number of rotatable bonds is 6. The fraction of sp³-hybridized carbons (Fsp3) is 0.211. The molecule has 0 unspecified atom stereocenters. The molecule has 7 heteroatoms. The first-order valence-electron chi connectivity index (χ1n) is 7.99. The summed E-state index contributed by atoms with van der Waals surface area (Å²) in [5, 5.41) is 8.92. The molecule has 2 aromatic carbocycles. The molecule has 0 N–H and O–H groups in total. The number of aryl methyl sites for hydroxylation is 2. The maximum absolute atomic E-state index is 13.5. The van der Waals surface area contributed by atoms with E-state index in [0.29, 0.717) is 10.9 Å². The minimum absolute atomic E-state index is 0.101. The summed E-state index contributed by atoms with van der Waals surface area (Å²) >= 11 is 1.26. The van der Waals surface area contributed by atoms with Gasteiger partial charge in [0.15, 0.2) is 10.9 Å². The van der Waals surface area contributed by atoms with E-state index in [4.69, 9.17) is 4.74 Å². The van der Waals surface area contributed by atoms with Gasteiger partial charge in [0.25, 0.3) is 0 Å². The van der Waals surface area contributed by atoms with Gasteiger partial charge in [-0.05, 0) is 43.7 Å². The lowest BCUT2D eigenvalue weighted by atomic mass is 10.1. The quantitative estimate of drug-likeness (QED) is 0.484. The summed E-state index contributed by atoms with van der Waals surface area (Å²) in [4.78, 5) is 12.5. The monoisotopic (exact) mass is 371 g/mol. The van der Waals surface area contributed by atoms with Crippen molar-refractivity contribution < 1.29 is 13.9 Å². The van der Waals surface area contributed by atoms with Gasteiger partial charge >= 0.3 is 0 Å². The lowest BCUT2D eigenvalue weighted by molar-refractivity contribution is 0.101. The summed E-state index contributed by atoms with van der Waals surface area (Å²) < 4.78 is 20.6. The molecule has 134 valence electrons. The highest BCUT2D eigenvalue weighted by Crippen LogP contribution is 2.26. The molecule has 0 saturated carbocycles. The Morgan fingerprint density at radius 2 is 1.96 bits per heavy atom. The predicted molar refractivity (Wildman–Crippen MR) is 98.8 cm³/mol. The molecule has 26 heavy (non-hydrogen) atoms. The van der Waals surface area contributed by atoms with E-state index in [1.165, 1.54) is 37.1 Å². The fourth-order valence-electron chi connectivity index (χ4n) is 2.63. The molecule has 1 aromatic heterocycles. The number of carbonyl (C=O) groups is 1. The van der Waals surface area contributed by atoms with Crippen molar-refractivity contribution in [1.82, 2.24) is 14.8 Å². The van der Waals surface area contributed by atoms with Gasteiger partial charge in [-0.25, -0.2) is 4.39 Å². The Morgan fingerprint density at radius 1 is 1.19 bits per heavy atom. The number of methoxy groups -OCH3 is 1. The number of carbonyl (C=O) groups excluding carboxylic acids is 1. The highest BCUT2D eigenvalue weighted by atomic mass is 32.2. The summed E-state index contributed by atoms with van der Waals surface area (Å²) in [7, 11) is 1.45. The van der Waals surface area contributed by atoms with Gasteiger partial charge in [-0.3, -0.25) is 9.36 Å². The fourth-order valence-corrected chi connectivity index (χ4v) is 3.51. The second-order valence-corrected chi connectivity index (χ2v) is 6.65. The molecule has 0 saturated heterocycles. The first-order valence-corrected chi connectivity index (χ1v) is 8.97. The van der Waals surface area contributed by atoms with Crippen molar-refractivity contribution in [2.45, 2.75) is 19.0 Å². The molecule has 0 radical (unpaired) electrons. The normalized spacial score (nSPS) is 10.8. The Morgan fingerprint density at radius 3 is 2.69 bits per heavy atom. The second-order valence-electron chi connectivity index (χ2n) is 5.71. The van der Waals surface area contributed by atoms with Crippen LogP contribution in [-0.2, 0) is 0 Å². The number of aromatic nitrogens is 3. The number of ether oxygens (including phenoxy) is 1. The Bertz CT molecular complexity index is 956. The summed E-state index contributed by atoms with van der Waals surface area (Å²) in [6.45, 7) is 3.87. The molecule has 5 nitrogen and oxygen atoms in total. The van der Waals surface area contributed by atoms with Crippen LogP contribution in [0.3, 0.4) is 0 Å². The molecule has 0 aliphatic rings. The van der Waals surface area contributed by atoms with Crippen LogP contribution in [0.1, 0.15) is 21.7 Å². The van der Waals surface area contributed by atoms with Crippen LogP contribution >= 0.6 is 11.8 Å². The molecule has 1 heterocycles. The zero-order valence-electron chi connectivity index (χ0n) is 14.7. The van der Waals surface area contributed by atoms with E-state index in [9.17, 15) is 9.18 Å². The topological polar surface area (TPSA) is 57.0 Å². The van der Waals surface area contributed by atoms with Crippen molar-refractivity contribution in [3.05, 3.63) is 65.2 Å². The van der Waals surface area contributed by atoms with Crippen molar-refractivity contribution in [2.75, 3.05) is 12.9 Å². The predicted octanol–water partition coefficient (Wildman–Crippen LogP) is 4.01. The van der Waals surface area contributed by atoms with E-state index >= 15 is 0 Å². The van der Waals surface area contributed by atoms with Gasteiger partial charge in [-0.15, -0.1) is 10.2 Å². The van der Waals surface area contributed by atoms with Gasteiger partial charge in [0.05, 0.1) is 24.1 Å². The summed E-state index contributed by atoms with van der Waals surface area (Å²) in [6, 6.07) is 11.8. The maximum Gasteiger partial charge on any atom is 0.196 e. The number of ketones is 1. The minimum Gasteiger partial charge on any atom is -0.496 e. The van der Waals surface area contributed by atoms with Crippen LogP contribution in [0.25, 0.3) is 5.69 Å². The third-order valence-corrected chi connectivity index (χ3v) is 4.87. The number of nitrogens with zero attached hydrogens (tertiary/aromatic N) is 3. The van der Waals surface area contributed by atoms with E-state index in [2.05, 4.69) is 10.2 Å². The van der Waals surface area contributed by atoms with Crippen molar-refractivity contribution in [3.63, 3.8) is 0 Å². The molecule has 0 aliphatic carbocycles. The average Bonchev–Trinajstić information content (AvgIpc) is 3.00. The number of halogens is 1. The highest BCUT2D eigenvalue weighted by molar-refractivity contribution is 7.99. The third kappa shape index (κ3) is 3.62. The minimum atomic E-state index is -0.474. The molecular formula is C19H18FN3O2S. The number of thioether (sulfide) groups is 1. The van der Waals surface area contributed by atoms with Crippen LogP contribution in [0.15, 0.2) is 47.6 Å². The van der Waals surface area contributed by atoms with Gasteiger partial charge in [-0.2, -0.15) is 0 Å². The van der Waals surface area contributed by atoms with Crippen LogP contribution in [0.2, 0.25) is 0 Å². The molecule has 0 atom stereocenters. The van der Waals surface area contributed by atoms with E-state index in [-0.39, 0.29) is 17.1 Å². The van der Waals surface area contributed by atoms with Crippen LogP contribution in [0.4, 0.5) is 4.39 Å². The van der Waals surface area contributed by atoms with Crippen LogP contribution in [0.5, 0.6) is 5.75 Å². The average molecular weight is 371 g/mol. The van der Waals surface area contributed by atoms with E-state index < -0.39 is 5.82 Å². The summed E-state index contributed by atoms with van der Waals surface area (Å²) in [5.41, 5.74) is 2.27. The van der Waals surface area contributed by atoms with Gasteiger partial charge in [-0.1, -0.05) is 30.0 Å². The van der Waals surface area contributed by atoms with Gasteiger partial charge in [0.1, 0.15) is 17.4 Å². The molecule has 0 amide bonds. The van der Waals surface area contributed by atoms with Crippen molar-refractivity contribution >= 4 is 17.5 Å². The van der Waals surface area contributed by atoms with Gasteiger partial charge in [0.2, 0.25) is 0 Å². The number of hydrogen-bond donors (Lipinski definition) is 0. The first-order chi connectivity index (χ1) is 12.5. The zero-order valence-corrected chi connectivity index (χ0v) is 15.5. The van der Waals surface area contributed by atoms with Crippen LogP contribution < -0.4 is 4.74 Å². The zero-order chi connectivity index (χ0) is 18.7. The van der Waals surface area contributed by atoms with E-state index in [0.717, 1.165) is 17.1 Å². The molecule has 0 aliphatic heterocycles. The first kappa shape index (κ1) is 18.1. The Balaban J connectivity index is 1.85. The van der Waals surface area contributed by atoms with E-state index in [1.807, 2.05) is 42.7 Å². The molecule has 3 aromatic rings. The van der Waals surface area contributed by atoms with Crippen molar-refractivity contribution in [2.24, 2.45) is 0 Å². The van der Waals surface area contributed by atoms with Crippen LogP contribution in [0, 0.1) is 19.7 Å². The molecule has 0 bridgehead atoms. The molecule has 0 fully saturated rings. The molecule has 3 rings (SSSR count). The van der Waals surface area contributed by atoms with Crippen molar-refractivity contribution in [3.8, 4) is 11.4 Å². The lowest BCUT2D eigenvalue weighted by Gasteiger charge is -2.11. The van der Waals surface area contributed by atoms with Gasteiger partial charge < -0.3 is 4.74 Å². The largest absolute Gasteiger partial charge is 0.496 e. The number of benzene rings is 2. The SMILES string of the molecule is COc1ccc(F)cc1C(=O)CSc1nnc(C)n1-c1ccccc1C. The Hall–Kier alpha value is -2.67. The second kappa shape index (κ2) is 7.70.